The minimum atomic E-state index is -0.0403. The van der Waals surface area contributed by atoms with Gasteiger partial charge in [0, 0.05) is 18.2 Å². The molecule has 1 rings (SSSR count). The largest absolute Gasteiger partial charge is 0.497 e. The number of hydrogen-bond donors (Lipinski definition) is 2. The lowest BCUT2D eigenvalue weighted by Gasteiger charge is -2.10. The van der Waals surface area contributed by atoms with Crippen molar-refractivity contribution in [2.45, 2.75) is 39.0 Å². The van der Waals surface area contributed by atoms with Crippen molar-refractivity contribution in [3.05, 3.63) is 24.3 Å². The zero-order chi connectivity index (χ0) is 14.8. The first-order valence-corrected chi connectivity index (χ1v) is 7.31. The van der Waals surface area contributed by atoms with Gasteiger partial charge in [0.15, 0.2) is 5.11 Å². The number of anilines is 1. The van der Waals surface area contributed by atoms with Gasteiger partial charge in [0.25, 0.3) is 0 Å². The third-order valence-corrected chi connectivity index (χ3v) is 3.04. The minimum Gasteiger partial charge on any atom is -0.497 e. The third kappa shape index (κ3) is 6.52. The molecule has 2 N–H and O–H groups in total. The van der Waals surface area contributed by atoms with E-state index in [1.54, 1.807) is 7.11 Å². The van der Waals surface area contributed by atoms with Crippen molar-refractivity contribution >= 4 is 28.9 Å². The molecule has 0 fully saturated rings. The number of thiocarbonyl (C=S) groups is 1. The Balaban J connectivity index is 2.33. The maximum atomic E-state index is 11.7. The predicted octanol–water partition coefficient (Wildman–Crippen LogP) is 3.48. The van der Waals surface area contributed by atoms with Crippen molar-refractivity contribution in [2.75, 3.05) is 12.4 Å². The summed E-state index contributed by atoms with van der Waals surface area (Å²) >= 11 is 5.11. The highest BCUT2D eigenvalue weighted by Gasteiger charge is 2.05. The van der Waals surface area contributed by atoms with E-state index >= 15 is 0 Å². The number of carbonyl (C=O) groups excluding carboxylic acids is 1. The van der Waals surface area contributed by atoms with Crippen LogP contribution >= 0.6 is 12.2 Å². The molecule has 0 heterocycles. The number of ether oxygens (including phenoxy) is 1. The van der Waals surface area contributed by atoms with Gasteiger partial charge in [-0.3, -0.25) is 4.79 Å². The van der Waals surface area contributed by atoms with Gasteiger partial charge >= 0.3 is 0 Å². The molecule has 1 aromatic rings. The van der Waals surface area contributed by atoms with Gasteiger partial charge in [0.1, 0.15) is 5.75 Å². The number of rotatable bonds is 7. The molecule has 0 radical (unpaired) electrons. The SMILES string of the molecule is CCCCCCC(=O)NC(=S)Nc1cccc(OC)c1. The molecule has 0 saturated carbocycles. The number of hydrogen-bond acceptors (Lipinski definition) is 3. The van der Waals surface area contributed by atoms with Crippen molar-refractivity contribution < 1.29 is 9.53 Å². The van der Waals surface area contributed by atoms with Crippen LogP contribution in [0.25, 0.3) is 0 Å². The van der Waals surface area contributed by atoms with Gasteiger partial charge in [0.2, 0.25) is 5.91 Å². The van der Waals surface area contributed by atoms with Crippen LogP contribution in [0.15, 0.2) is 24.3 Å². The van der Waals surface area contributed by atoms with E-state index in [2.05, 4.69) is 17.6 Å². The summed E-state index contributed by atoms with van der Waals surface area (Å²) in [5, 5.41) is 5.97. The van der Waals surface area contributed by atoms with Crippen LogP contribution < -0.4 is 15.4 Å². The lowest BCUT2D eigenvalue weighted by Crippen LogP contribution is -2.33. The van der Waals surface area contributed by atoms with Crippen molar-refractivity contribution in [2.24, 2.45) is 0 Å². The summed E-state index contributed by atoms with van der Waals surface area (Å²) < 4.78 is 5.12. The molecule has 0 bridgehead atoms. The molecule has 0 saturated heterocycles. The summed E-state index contributed by atoms with van der Waals surface area (Å²) in [6.07, 6.45) is 4.83. The van der Waals surface area contributed by atoms with Crippen LogP contribution in [0.1, 0.15) is 39.0 Å². The van der Waals surface area contributed by atoms with Gasteiger partial charge in [-0.2, -0.15) is 0 Å². The highest BCUT2D eigenvalue weighted by molar-refractivity contribution is 7.80. The molecule has 1 amide bonds. The van der Waals surface area contributed by atoms with E-state index in [0.717, 1.165) is 30.7 Å². The Labute approximate surface area is 125 Å². The van der Waals surface area contributed by atoms with Crippen LogP contribution in [-0.4, -0.2) is 18.1 Å². The van der Waals surface area contributed by atoms with Crippen LogP contribution in [0.4, 0.5) is 5.69 Å². The maximum Gasteiger partial charge on any atom is 0.226 e. The van der Waals surface area contributed by atoms with E-state index in [9.17, 15) is 4.79 Å². The topological polar surface area (TPSA) is 50.4 Å². The van der Waals surface area contributed by atoms with E-state index in [-0.39, 0.29) is 5.91 Å². The Hall–Kier alpha value is -1.62. The summed E-state index contributed by atoms with van der Waals surface area (Å²) in [4.78, 5) is 11.7. The van der Waals surface area contributed by atoms with Crippen LogP contribution in [0.5, 0.6) is 5.75 Å². The van der Waals surface area contributed by atoms with E-state index in [0.29, 0.717) is 11.5 Å². The summed E-state index contributed by atoms with van der Waals surface area (Å²) in [6.45, 7) is 2.15. The fraction of sp³-hybridized carbons (Fsp3) is 0.467. The molecule has 0 aromatic heterocycles. The van der Waals surface area contributed by atoms with E-state index in [1.165, 1.54) is 6.42 Å². The van der Waals surface area contributed by atoms with Crippen LogP contribution in [0.2, 0.25) is 0 Å². The number of unbranched alkanes of at least 4 members (excludes halogenated alkanes) is 3. The predicted molar refractivity (Wildman–Crippen MR) is 86.1 cm³/mol. The lowest BCUT2D eigenvalue weighted by molar-refractivity contribution is -0.119. The second-order valence-corrected chi connectivity index (χ2v) is 4.95. The zero-order valence-corrected chi connectivity index (χ0v) is 12.9. The monoisotopic (exact) mass is 294 g/mol. The van der Waals surface area contributed by atoms with Gasteiger partial charge in [-0.05, 0) is 30.8 Å². The van der Waals surface area contributed by atoms with E-state index in [1.807, 2.05) is 24.3 Å². The summed E-state index contributed by atoms with van der Waals surface area (Å²) in [5.74, 6) is 0.699. The van der Waals surface area contributed by atoms with Crippen LogP contribution in [0.3, 0.4) is 0 Å². The van der Waals surface area contributed by atoms with Crippen molar-refractivity contribution in [1.82, 2.24) is 5.32 Å². The average molecular weight is 294 g/mol. The second-order valence-electron chi connectivity index (χ2n) is 4.54. The summed E-state index contributed by atoms with van der Waals surface area (Å²) in [7, 11) is 1.61. The molecule has 20 heavy (non-hydrogen) atoms. The lowest BCUT2D eigenvalue weighted by atomic mass is 10.1. The fourth-order valence-electron chi connectivity index (χ4n) is 1.76. The van der Waals surface area contributed by atoms with Gasteiger partial charge < -0.3 is 15.4 Å². The van der Waals surface area contributed by atoms with Gasteiger partial charge in [-0.1, -0.05) is 32.3 Å². The number of benzene rings is 1. The Morgan fingerprint density at radius 3 is 2.80 bits per heavy atom. The Morgan fingerprint density at radius 1 is 1.30 bits per heavy atom. The molecule has 110 valence electrons. The van der Waals surface area contributed by atoms with Gasteiger partial charge in [-0.15, -0.1) is 0 Å². The van der Waals surface area contributed by atoms with Crippen LogP contribution in [-0.2, 0) is 4.79 Å². The summed E-state index contributed by atoms with van der Waals surface area (Å²) in [5.41, 5.74) is 0.792. The van der Waals surface area contributed by atoms with E-state index < -0.39 is 0 Å². The van der Waals surface area contributed by atoms with Gasteiger partial charge in [0.05, 0.1) is 7.11 Å². The first-order chi connectivity index (χ1) is 9.65. The second kappa shape index (κ2) is 9.31. The number of carbonyl (C=O) groups is 1. The molecular formula is C15H22N2O2S. The first kappa shape index (κ1) is 16.4. The first-order valence-electron chi connectivity index (χ1n) is 6.90. The Kier molecular flexibility index (Phi) is 7.65. The highest BCUT2D eigenvalue weighted by Crippen LogP contribution is 2.16. The molecule has 0 atom stereocenters. The standard InChI is InChI=1S/C15H22N2O2S/c1-3-4-5-6-10-14(18)17-15(20)16-12-8-7-9-13(11-12)19-2/h7-9,11H,3-6,10H2,1-2H3,(H2,16,17,18,20). The Bertz CT molecular complexity index is 449. The Morgan fingerprint density at radius 2 is 2.10 bits per heavy atom. The third-order valence-electron chi connectivity index (χ3n) is 2.84. The smallest absolute Gasteiger partial charge is 0.226 e. The van der Waals surface area contributed by atoms with Gasteiger partial charge in [-0.25, -0.2) is 0 Å². The fourth-order valence-corrected chi connectivity index (χ4v) is 2.00. The molecule has 0 aliphatic rings. The average Bonchev–Trinajstić information content (AvgIpc) is 2.43. The molecule has 4 nitrogen and oxygen atoms in total. The van der Waals surface area contributed by atoms with Crippen molar-refractivity contribution in [3.63, 3.8) is 0 Å². The molecule has 1 aromatic carbocycles. The van der Waals surface area contributed by atoms with E-state index in [4.69, 9.17) is 17.0 Å². The molecule has 5 heteroatoms. The molecular weight excluding hydrogens is 272 g/mol. The normalized spacial score (nSPS) is 9.90. The summed E-state index contributed by atoms with van der Waals surface area (Å²) in [6, 6.07) is 7.39. The van der Waals surface area contributed by atoms with Crippen molar-refractivity contribution in [1.29, 1.82) is 0 Å². The van der Waals surface area contributed by atoms with Crippen LogP contribution in [0, 0.1) is 0 Å². The van der Waals surface area contributed by atoms with Crippen molar-refractivity contribution in [3.8, 4) is 5.75 Å². The molecule has 0 unspecified atom stereocenters. The maximum absolute atomic E-state index is 11.7. The zero-order valence-electron chi connectivity index (χ0n) is 12.1. The number of methoxy groups -OCH3 is 1. The molecule has 0 aliphatic heterocycles. The molecule has 0 aliphatic carbocycles. The number of amides is 1. The quantitative estimate of drug-likeness (QED) is 0.597. The number of nitrogens with one attached hydrogen (secondary N) is 2. The highest BCUT2D eigenvalue weighted by atomic mass is 32.1. The minimum absolute atomic E-state index is 0.0403. The molecule has 0 spiro atoms.